The van der Waals surface area contributed by atoms with Gasteiger partial charge in [-0.3, -0.25) is 9.59 Å². The SMILES string of the molecule is C=C(N)Nc1ccccc1OC.CCO.COC(OC)C(=O)/C=C/N(C)C.COC(OC)C(C)=O.COc1ccccc1N.N#CN.O=[N+]([O-])O. The lowest BCUT2D eigenvalue weighted by Gasteiger charge is -2.09. The topological polar surface area (TPSA) is 290 Å². The summed E-state index contributed by atoms with van der Waals surface area (Å²) < 4.78 is 28.7. The Labute approximate surface area is 299 Å². The van der Waals surface area contributed by atoms with Gasteiger partial charge < -0.3 is 66.2 Å². The molecule has 19 heteroatoms. The van der Waals surface area contributed by atoms with Crippen LogP contribution >= 0.6 is 0 Å². The van der Waals surface area contributed by atoms with Gasteiger partial charge in [-0.1, -0.05) is 30.8 Å². The van der Waals surface area contributed by atoms with Crippen molar-refractivity contribution >= 4 is 22.9 Å². The van der Waals surface area contributed by atoms with E-state index in [1.807, 2.05) is 56.6 Å². The summed E-state index contributed by atoms with van der Waals surface area (Å²) in [7, 11) is 12.6. The van der Waals surface area contributed by atoms with E-state index in [9.17, 15) is 9.59 Å². The Hall–Kier alpha value is -5.65. The average Bonchev–Trinajstić information content (AvgIpc) is 3.06. The van der Waals surface area contributed by atoms with E-state index in [1.54, 1.807) is 38.3 Å². The zero-order chi connectivity index (χ0) is 40.8. The van der Waals surface area contributed by atoms with Crippen molar-refractivity contribution in [1.29, 1.82) is 5.26 Å². The summed E-state index contributed by atoms with van der Waals surface area (Å²) in [5.74, 6) is 1.57. The lowest BCUT2D eigenvalue weighted by atomic mass is 10.3. The Morgan fingerprint density at radius 1 is 0.980 bits per heavy atom. The number of nitriles is 1. The third-order valence-corrected chi connectivity index (χ3v) is 4.50. The van der Waals surface area contributed by atoms with Crippen molar-refractivity contribution < 1.29 is 53.4 Å². The number of nitrogen functional groups attached to an aromatic ring is 1. The number of aliphatic hydroxyl groups excluding tert-OH is 1. The third-order valence-electron chi connectivity index (χ3n) is 4.50. The molecule has 19 nitrogen and oxygen atoms in total. The number of nitrogens with two attached hydrogens (primary N) is 3. The second kappa shape index (κ2) is 38.8. The third kappa shape index (κ3) is 38.7. The highest BCUT2D eigenvalue weighted by Crippen LogP contribution is 2.23. The second-order valence-electron chi connectivity index (χ2n) is 8.67. The molecule has 2 aromatic carbocycles. The van der Waals surface area contributed by atoms with Crippen molar-refractivity contribution in [2.45, 2.75) is 26.4 Å². The molecule has 290 valence electrons. The molecule has 0 radical (unpaired) electrons. The van der Waals surface area contributed by atoms with Gasteiger partial charge in [-0.2, -0.15) is 5.26 Å². The number of hydrogen-bond donors (Lipinski definition) is 6. The van der Waals surface area contributed by atoms with Gasteiger partial charge in [0.2, 0.25) is 18.4 Å². The molecule has 0 atom stereocenters. The number of carbonyl (C=O) groups excluding carboxylic acids is 2. The predicted octanol–water partition coefficient (Wildman–Crippen LogP) is 2.34. The van der Waals surface area contributed by atoms with E-state index >= 15 is 0 Å². The average molecular weight is 730 g/mol. The van der Waals surface area contributed by atoms with Gasteiger partial charge in [0.05, 0.1) is 31.4 Å². The van der Waals surface area contributed by atoms with Gasteiger partial charge in [0.15, 0.2) is 12.0 Å². The molecule has 51 heavy (non-hydrogen) atoms. The number of nitrogens with one attached hydrogen (secondary N) is 1. The number of Topliss-reactive ketones (excluding diaryl/α,β-unsaturated/α-hetero) is 1. The Morgan fingerprint density at radius 2 is 1.35 bits per heavy atom. The van der Waals surface area contributed by atoms with Crippen LogP contribution in [0.15, 0.2) is 73.2 Å². The summed E-state index contributed by atoms with van der Waals surface area (Å²) in [6.45, 7) is 6.88. The number of ether oxygens (including phenoxy) is 6. The van der Waals surface area contributed by atoms with Crippen molar-refractivity contribution in [2.75, 3.05) is 74.4 Å². The largest absolute Gasteiger partial charge is 0.495 e. The number of para-hydroxylation sites is 4. The van der Waals surface area contributed by atoms with Crippen molar-refractivity contribution in [1.82, 2.24) is 4.90 Å². The number of nitrogens with zero attached hydrogens (tertiary/aromatic N) is 3. The highest BCUT2D eigenvalue weighted by atomic mass is 16.9. The van der Waals surface area contributed by atoms with Crippen molar-refractivity contribution in [3.8, 4) is 17.7 Å². The number of hydrogen-bond acceptors (Lipinski definition) is 17. The smallest absolute Gasteiger partial charge is 0.291 e. The van der Waals surface area contributed by atoms with Crippen LogP contribution in [-0.2, 0) is 28.5 Å². The molecule has 0 saturated heterocycles. The van der Waals surface area contributed by atoms with Gasteiger partial charge in [-0.15, -0.1) is 10.1 Å². The predicted molar refractivity (Wildman–Crippen MR) is 193 cm³/mol. The van der Waals surface area contributed by atoms with Crippen LogP contribution in [-0.4, -0.2) is 108 Å². The quantitative estimate of drug-likeness (QED) is 0.0347. The number of rotatable bonds is 12. The Kier molecular flexibility index (Phi) is 41.7. The lowest BCUT2D eigenvalue weighted by molar-refractivity contribution is -0.742. The van der Waals surface area contributed by atoms with Gasteiger partial charge in [0, 0.05) is 61.4 Å². The molecule has 0 aliphatic carbocycles. The molecule has 9 N–H and O–H groups in total. The van der Waals surface area contributed by atoms with Gasteiger partial charge in [0.25, 0.3) is 5.09 Å². The van der Waals surface area contributed by atoms with Gasteiger partial charge in [0.1, 0.15) is 11.5 Å². The van der Waals surface area contributed by atoms with E-state index < -0.39 is 17.7 Å². The number of aliphatic hydroxyl groups is 1. The summed E-state index contributed by atoms with van der Waals surface area (Å²) in [5.41, 5.74) is 16.6. The molecule has 0 heterocycles. The van der Waals surface area contributed by atoms with Gasteiger partial charge in [-0.05, 0) is 38.1 Å². The number of carbonyl (C=O) groups is 2. The molecule has 0 aromatic heterocycles. The van der Waals surface area contributed by atoms with Crippen LogP contribution in [0, 0.1) is 21.6 Å². The van der Waals surface area contributed by atoms with E-state index in [4.69, 9.17) is 56.1 Å². The molecule has 0 spiro atoms. The first kappa shape index (κ1) is 54.8. The fraction of sp³-hybridized carbons (Fsp3) is 0.406. The second-order valence-corrected chi connectivity index (χ2v) is 8.67. The summed E-state index contributed by atoms with van der Waals surface area (Å²) >= 11 is 0. The van der Waals surface area contributed by atoms with E-state index in [0.717, 1.165) is 17.2 Å². The Bertz CT molecular complexity index is 1250. The van der Waals surface area contributed by atoms with Crippen molar-refractivity contribution in [2.24, 2.45) is 11.5 Å². The lowest BCUT2D eigenvalue weighted by Crippen LogP contribution is -2.23. The molecule has 2 rings (SSSR count). The maximum Gasteiger partial charge on any atom is 0.291 e. The van der Waals surface area contributed by atoms with Gasteiger partial charge in [-0.25, -0.2) is 0 Å². The number of methoxy groups -OCH3 is 6. The molecule has 0 saturated carbocycles. The summed E-state index contributed by atoms with van der Waals surface area (Å²) in [6, 6.07) is 14.9. The number of anilines is 2. The molecular formula is C32H55N7O12. The molecule has 0 bridgehead atoms. The van der Waals surface area contributed by atoms with Crippen molar-refractivity contribution in [3.05, 3.63) is 83.3 Å². The first-order valence-corrected chi connectivity index (χ1v) is 14.2. The van der Waals surface area contributed by atoms with Crippen molar-refractivity contribution in [3.63, 3.8) is 0 Å². The fourth-order valence-electron chi connectivity index (χ4n) is 2.65. The Morgan fingerprint density at radius 3 is 1.63 bits per heavy atom. The minimum absolute atomic E-state index is 0.116. The first-order chi connectivity index (χ1) is 24.0. The standard InChI is InChI=1S/C9H12N2O.C8H15NO3.C7H9NO.C5H10O3.C2H6O.CH2N2.HNO3/c1-7(10)11-8-5-3-4-6-9(8)12-2;1-9(2)6-5-7(10)8(11-3)12-4;1-9-7-5-3-2-4-6(7)8;1-4(6)5(7-2)8-3;1-2-3;2-1-3;2-1(3)4/h3-6,11H,1,10H2,2H3;5-6,8H,1-4H3;2-5H,8H2,1H3;5H,1-3H3;3H,2H2,1H3;2H2;(H,2,3,4)/b;6-5+;;;;;. The van der Waals surface area contributed by atoms with E-state index in [-0.39, 0.29) is 18.2 Å². The minimum Gasteiger partial charge on any atom is -0.495 e. The molecule has 0 unspecified atom stereocenters. The van der Waals surface area contributed by atoms with E-state index in [1.165, 1.54) is 47.6 Å². The zero-order valence-electron chi connectivity index (χ0n) is 30.9. The normalized spacial score (nSPS) is 8.86. The summed E-state index contributed by atoms with van der Waals surface area (Å²) in [5, 5.41) is 31.2. The molecule has 0 amide bonds. The molecular weight excluding hydrogens is 674 g/mol. The van der Waals surface area contributed by atoms with E-state index in [0.29, 0.717) is 11.5 Å². The minimum atomic E-state index is -1.50. The van der Waals surface area contributed by atoms with Crippen LogP contribution in [0.25, 0.3) is 0 Å². The molecule has 0 aliphatic rings. The van der Waals surface area contributed by atoms with Crippen LogP contribution in [0.4, 0.5) is 11.4 Å². The fourth-order valence-corrected chi connectivity index (χ4v) is 2.65. The molecule has 0 fully saturated rings. The summed E-state index contributed by atoms with van der Waals surface area (Å²) in [6.07, 6.45) is 2.83. The van der Waals surface area contributed by atoms with Crippen LogP contribution in [0.1, 0.15) is 13.8 Å². The van der Waals surface area contributed by atoms with E-state index in [2.05, 4.69) is 27.1 Å². The molecule has 0 aliphatic heterocycles. The maximum atomic E-state index is 11.1. The van der Waals surface area contributed by atoms with Crippen LogP contribution < -0.4 is 32.0 Å². The maximum absolute atomic E-state index is 11.1. The van der Waals surface area contributed by atoms with Crippen LogP contribution in [0.5, 0.6) is 11.5 Å². The summed E-state index contributed by atoms with van der Waals surface area (Å²) in [4.78, 5) is 31.6. The first-order valence-electron chi connectivity index (χ1n) is 14.2. The number of benzene rings is 2. The Balaban J connectivity index is -0.000000171. The zero-order valence-corrected chi connectivity index (χ0v) is 30.9. The van der Waals surface area contributed by atoms with Crippen LogP contribution in [0.3, 0.4) is 0 Å². The van der Waals surface area contributed by atoms with Crippen LogP contribution in [0.2, 0.25) is 0 Å². The highest BCUT2D eigenvalue weighted by molar-refractivity contribution is 5.92. The monoisotopic (exact) mass is 729 g/mol. The highest BCUT2D eigenvalue weighted by Gasteiger charge is 2.12. The van der Waals surface area contributed by atoms with Gasteiger partial charge >= 0.3 is 0 Å². The molecule has 2 aromatic rings. The number of ketones is 2.